The molecule has 5 rings (SSSR count). The van der Waals surface area contributed by atoms with Crippen molar-refractivity contribution >= 4 is 38.2 Å². The van der Waals surface area contributed by atoms with E-state index in [9.17, 15) is 23.3 Å². The minimum atomic E-state index is -4.40. The lowest BCUT2D eigenvalue weighted by Crippen LogP contribution is -2.23. The number of nitrogens with one attached hydrogen (secondary N) is 2. The van der Waals surface area contributed by atoms with E-state index in [0.29, 0.717) is 29.4 Å². The van der Waals surface area contributed by atoms with Crippen molar-refractivity contribution in [2.24, 2.45) is 17.6 Å². The Bertz CT molecular complexity index is 1730. The first-order valence-electron chi connectivity index (χ1n) is 13.5. The molecule has 220 valence electrons. The standard InChI is InChI=1S/C29H31N5O7S/c1-40-17-19-7-5-18(6-8-19)15-32-24-10-9-22(14-25(24)34(36)37)42(38,39)26-4-2-3-23(28(30)35)27(26)41-21-13-20-11-12-31-29(20)33-16-21/h2-4,9-14,16,18-19,32H,5-8,15,17H2,1H3,(H2,30,35)(H,31,33). The molecule has 2 aromatic heterocycles. The minimum absolute atomic E-state index is 0.168. The number of aromatic nitrogens is 2. The zero-order valence-corrected chi connectivity index (χ0v) is 23.7. The first-order chi connectivity index (χ1) is 20.2. The molecule has 4 aromatic rings. The lowest BCUT2D eigenvalue weighted by atomic mass is 9.82. The van der Waals surface area contributed by atoms with Gasteiger partial charge in [-0.15, -0.1) is 0 Å². The molecule has 1 fully saturated rings. The van der Waals surface area contributed by atoms with Crippen LogP contribution < -0.4 is 15.8 Å². The molecule has 0 aliphatic heterocycles. The Balaban J connectivity index is 1.44. The van der Waals surface area contributed by atoms with Crippen molar-refractivity contribution in [3.63, 3.8) is 0 Å². The molecule has 1 amide bonds. The molecule has 0 atom stereocenters. The number of nitro benzene ring substituents is 1. The van der Waals surface area contributed by atoms with E-state index in [0.717, 1.165) is 38.4 Å². The van der Waals surface area contributed by atoms with Crippen LogP contribution >= 0.6 is 0 Å². The van der Waals surface area contributed by atoms with Crippen LogP contribution in [0.25, 0.3) is 11.0 Å². The van der Waals surface area contributed by atoms with Gasteiger partial charge in [0.1, 0.15) is 22.0 Å². The quantitative estimate of drug-likeness (QED) is 0.158. The number of hydrogen-bond acceptors (Lipinski definition) is 9. The summed E-state index contributed by atoms with van der Waals surface area (Å²) in [6.07, 6.45) is 7.09. The van der Waals surface area contributed by atoms with E-state index in [2.05, 4.69) is 15.3 Å². The lowest BCUT2D eigenvalue weighted by Gasteiger charge is -2.28. The number of amides is 1. The van der Waals surface area contributed by atoms with Crippen LogP contribution in [-0.4, -0.2) is 49.5 Å². The maximum atomic E-state index is 13.9. The second kappa shape index (κ2) is 12.2. The smallest absolute Gasteiger partial charge is 0.293 e. The third-order valence-electron chi connectivity index (χ3n) is 7.55. The molecule has 0 bridgehead atoms. The van der Waals surface area contributed by atoms with Gasteiger partial charge in [0.25, 0.3) is 11.6 Å². The monoisotopic (exact) mass is 593 g/mol. The molecule has 12 nitrogen and oxygen atoms in total. The number of primary amides is 1. The summed E-state index contributed by atoms with van der Waals surface area (Å²) in [5.41, 5.74) is 5.84. The van der Waals surface area contributed by atoms with E-state index in [1.807, 2.05) is 0 Å². The fourth-order valence-corrected chi connectivity index (χ4v) is 6.74. The maximum Gasteiger partial charge on any atom is 0.293 e. The van der Waals surface area contributed by atoms with Gasteiger partial charge in [-0.2, -0.15) is 0 Å². The molecule has 13 heteroatoms. The van der Waals surface area contributed by atoms with Gasteiger partial charge in [0.15, 0.2) is 5.75 Å². The van der Waals surface area contributed by atoms with Crippen LogP contribution in [-0.2, 0) is 14.6 Å². The number of anilines is 1. The Hall–Kier alpha value is -4.49. The highest BCUT2D eigenvalue weighted by Gasteiger charge is 2.29. The molecule has 1 saturated carbocycles. The van der Waals surface area contributed by atoms with Crippen LogP contribution in [0.5, 0.6) is 11.5 Å². The minimum Gasteiger partial charge on any atom is -0.453 e. The van der Waals surface area contributed by atoms with Gasteiger partial charge in [-0.05, 0) is 73.9 Å². The van der Waals surface area contributed by atoms with Crippen LogP contribution in [0.2, 0.25) is 0 Å². The van der Waals surface area contributed by atoms with E-state index in [1.54, 1.807) is 25.4 Å². The van der Waals surface area contributed by atoms with Crippen molar-refractivity contribution in [2.45, 2.75) is 35.5 Å². The molecular formula is C29H31N5O7S. The topological polar surface area (TPSA) is 180 Å². The fraction of sp³-hybridized carbons (Fsp3) is 0.310. The van der Waals surface area contributed by atoms with E-state index in [1.165, 1.54) is 36.5 Å². The SMILES string of the molecule is COCC1CCC(CNc2ccc(S(=O)(=O)c3cccc(C(N)=O)c3Oc3cnc4[nH]ccc4c3)cc2[N+](=O)[O-])CC1. The average molecular weight is 594 g/mol. The normalized spacial score (nSPS) is 17.2. The van der Waals surface area contributed by atoms with E-state index in [-0.39, 0.29) is 38.2 Å². The number of methoxy groups -OCH3 is 1. The first kappa shape index (κ1) is 29.0. The van der Waals surface area contributed by atoms with Gasteiger partial charge in [0, 0.05) is 37.9 Å². The molecule has 42 heavy (non-hydrogen) atoms. The predicted octanol–water partition coefficient (Wildman–Crippen LogP) is 5.06. The molecule has 2 aromatic carbocycles. The van der Waals surface area contributed by atoms with Gasteiger partial charge in [0.2, 0.25) is 9.84 Å². The highest BCUT2D eigenvalue weighted by atomic mass is 32.2. The Morgan fingerprint density at radius 3 is 2.62 bits per heavy atom. The van der Waals surface area contributed by atoms with Gasteiger partial charge in [0.05, 0.1) is 21.6 Å². The van der Waals surface area contributed by atoms with Crippen molar-refractivity contribution in [1.29, 1.82) is 0 Å². The summed E-state index contributed by atoms with van der Waals surface area (Å²) in [6.45, 7) is 1.26. The number of rotatable bonds is 11. The van der Waals surface area contributed by atoms with Crippen LogP contribution in [0.1, 0.15) is 36.0 Å². The Morgan fingerprint density at radius 2 is 1.90 bits per heavy atom. The second-order valence-electron chi connectivity index (χ2n) is 10.3. The number of fused-ring (bicyclic) bond motifs is 1. The number of hydrogen-bond donors (Lipinski definition) is 3. The molecule has 2 heterocycles. The molecule has 1 aliphatic carbocycles. The molecule has 1 aliphatic rings. The molecular weight excluding hydrogens is 562 g/mol. The zero-order chi connectivity index (χ0) is 29.9. The Labute approximate surface area is 242 Å². The van der Waals surface area contributed by atoms with Gasteiger partial charge in [-0.3, -0.25) is 14.9 Å². The van der Waals surface area contributed by atoms with Gasteiger partial charge in [-0.1, -0.05) is 6.07 Å². The van der Waals surface area contributed by atoms with Gasteiger partial charge >= 0.3 is 0 Å². The molecule has 0 spiro atoms. The lowest BCUT2D eigenvalue weighted by molar-refractivity contribution is -0.384. The van der Waals surface area contributed by atoms with Crippen LogP contribution in [0.15, 0.2) is 70.7 Å². The van der Waals surface area contributed by atoms with Crippen LogP contribution in [0.3, 0.4) is 0 Å². The number of para-hydroxylation sites is 1. The number of aromatic amines is 1. The molecule has 0 unspecified atom stereocenters. The number of nitrogens with zero attached hydrogens (tertiary/aromatic N) is 2. The van der Waals surface area contributed by atoms with Crippen molar-refractivity contribution in [2.75, 3.05) is 25.6 Å². The van der Waals surface area contributed by atoms with Gasteiger partial charge < -0.3 is 25.5 Å². The number of nitrogens with two attached hydrogens (primary N) is 1. The summed E-state index contributed by atoms with van der Waals surface area (Å²) in [7, 11) is -2.71. The van der Waals surface area contributed by atoms with Crippen molar-refractivity contribution in [1.82, 2.24) is 9.97 Å². The third kappa shape index (κ3) is 6.06. The molecule has 0 saturated heterocycles. The third-order valence-corrected chi connectivity index (χ3v) is 9.33. The highest BCUT2D eigenvalue weighted by molar-refractivity contribution is 7.91. The molecule has 0 radical (unpaired) electrons. The zero-order valence-electron chi connectivity index (χ0n) is 22.9. The maximum absolute atomic E-state index is 13.9. The van der Waals surface area contributed by atoms with E-state index >= 15 is 0 Å². The van der Waals surface area contributed by atoms with E-state index in [4.69, 9.17) is 15.2 Å². The number of H-pyrrole nitrogens is 1. The van der Waals surface area contributed by atoms with Gasteiger partial charge in [-0.25, -0.2) is 13.4 Å². The summed E-state index contributed by atoms with van der Waals surface area (Å²) in [6, 6.07) is 11.1. The van der Waals surface area contributed by atoms with Crippen LogP contribution in [0.4, 0.5) is 11.4 Å². The Kier molecular flexibility index (Phi) is 8.41. The first-order valence-corrected chi connectivity index (χ1v) is 15.0. The van der Waals surface area contributed by atoms with Crippen molar-refractivity contribution < 1.29 is 27.6 Å². The second-order valence-corrected chi connectivity index (χ2v) is 12.3. The number of sulfone groups is 1. The number of carbonyl (C=O) groups excluding carboxylic acids is 1. The fourth-order valence-electron chi connectivity index (χ4n) is 5.32. The predicted molar refractivity (Wildman–Crippen MR) is 155 cm³/mol. The number of pyridine rings is 1. The Morgan fingerprint density at radius 1 is 1.14 bits per heavy atom. The number of carbonyl (C=O) groups is 1. The van der Waals surface area contributed by atoms with Crippen LogP contribution in [0, 0.1) is 22.0 Å². The molecule has 4 N–H and O–H groups in total. The van der Waals surface area contributed by atoms with E-state index < -0.39 is 20.7 Å². The number of ether oxygens (including phenoxy) is 2. The summed E-state index contributed by atoms with van der Waals surface area (Å²) >= 11 is 0. The number of benzene rings is 2. The van der Waals surface area contributed by atoms with Crippen molar-refractivity contribution in [3.05, 3.63) is 76.6 Å². The largest absolute Gasteiger partial charge is 0.453 e. The summed E-state index contributed by atoms with van der Waals surface area (Å²) in [4.78, 5) is 30.1. The summed E-state index contributed by atoms with van der Waals surface area (Å²) in [5.74, 6) is -0.152. The average Bonchev–Trinajstić information content (AvgIpc) is 3.45. The number of nitro groups is 1. The summed E-state index contributed by atoms with van der Waals surface area (Å²) in [5, 5.41) is 15.9. The highest BCUT2D eigenvalue weighted by Crippen LogP contribution is 2.38. The van der Waals surface area contributed by atoms with Crippen molar-refractivity contribution in [3.8, 4) is 11.5 Å². The summed E-state index contributed by atoms with van der Waals surface area (Å²) < 4.78 is 38.9.